The molecule has 2 aliphatic rings. The van der Waals surface area contributed by atoms with Crippen molar-refractivity contribution >= 4 is 15.9 Å². The number of morpholine rings is 1. The number of carbonyl (C=O) groups excluding carboxylic acids is 1. The van der Waals surface area contributed by atoms with Crippen LogP contribution < -0.4 is 4.74 Å². The third-order valence-electron chi connectivity index (χ3n) is 5.42. The summed E-state index contributed by atoms with van der Waals surface area (Å²) in [4.78, 5) is 14.4. The van der Waals surface area contributed by atoms with Gasteiger partial charge in [0.2, 0.25) is 15.9 Å². The van der Waals surface area contributed by atoms with Gasteiger partial charge in [0.05, 0.1) is 49.7 Å². The van der Waals surface area contributed by atoms with Gasteiger partial charge in [0.15, 0.2) is 0 Å². The summed E-state index contributed by atoms with van der Waals surface area (Å²) >= 11 is 0. The van der Waals surface area contributed by atoms with E-state index in [9.17, 15) is 13.2 Å². The maximum absolute atomic E-state index is 13.1. The zero-order valence-electron chi connectivity index (χ0n) is 16.9. The van der Waals surface area contributed by atoms with Crippen LogP contribution in [0.2, 0.25) is 0 Å². The maximum atomic E-state index is 13.1. The van der Waals surface area contributed by atoms with Crippen molar-refractivity contribution in [1.29, 1.82) is 0 Å². The maximum Gasteiger partial charge on any atom is 0.243 e. The van der Waals surface area contributed by atoms with Crippen LogP contribution in [0.1, 0.15) is 17.8 Å². The predicted molar refractivity (Wildman–Crippen MR) is 106 cm³/mol. The lowest BCUT2D eigenvalue weighted by molar-refractivity contribution is -0.135. The highest BCUT2D eigenvalue weighted by Gasteiger charge is 2.31. The van der Waals surface area contributed by atoms with E-state index in [1.807, 2.05) is 0 Å². The van der Waals surface area contributed by atoms with E-state index in [-0.39, 0.29) is 17.3 Å². The first-order valence-electron chi connectivity index (χ1n) is 9.90. The Hall–Kier alpha value is -2.50. The normalized spacial score (nSPS) is 17.6. The Labute approximate surface area is 175 Å². The fourth-order valence-corrected chi connectivity index (χ4v) is 5.11. The fourth-order valence-electron chi connectivity index (χ4n) is 3.68. The molecule has 30 heavy (non-hydrogen) atoms. The third-order valence-corrected chi connectivity index (χ3v) is 7.27. The molecular weight excluding hydrogens is 410 g/mol. The molecule has 11 heteroatoms. The smallest absolute Gasteiger partial charge is 0.243 e. The highest BCUT2D eigenvalue weighted by molar-refractivity contribution is 7.89. The van der Waals surface area contributed by atoms with Gasteiger partial charge in [0.1, 0.15) is 5.75 Å². The minimum Gasteiger partial charge on any atom is -0.497 e. The van der Waals surface area contributed by atoms with E-state index in [0.29, 0.717) is 63.7 Å². The summed E-state index contributed by atoms with van der Waals surface area (Å²) in [6.07, 6.45) is 0.743. The first kappa shape index (κ1) is 20.8. The summed E-state index contributed by atoms with van der Waals surface area (Å²) in [6, 6.07) is 6.44. The van der Waals surface area contributed by atoms with E-state index in [1.165, 1.54) is 17.5 Å². The molecule has 1 fully saturated rings. The number of hydrogen-bond acceptors (Lipinski definition) is 7. The van der Waals surface area contributed by atoms with Crippen molar-refractivity contribution in [3.8, 4) is 5.75 Å². The quantitative estimate of drug-likeness (QED) is 0.642. The monoisotopic (exact) mass is 435 g/mol. The molecule has 0 saturated carbocycles. The topological polar surface area (TPSA) is 107 Å². The molecule has 4 rings (SSSR count). The Morgan fingerprint density at radius 1 is 1.20 bits per heavy atom. The van der Waals surface area contributed by atoms with E-state index in [2.05, 4.69) is 10.3 Å². The van der Waals surface area contributed by atoms with E-state index >= 15 is 0 Å². The van der Waals surface area contributed by atoms with Gasteiger partial charge in [-0.3, -0.25) is 4.79 Å². The van der Waals surface area contributed by atoms with Crippen LogP contribution in [0, 0.1) is 0 Å². The van der Waals surface area contributed by atoms with Crippen LogP contribution in [-0.2, 0) is 39.1 Å². The molecule has 2 aromatic rings. The molecule has 0 bridgehead atoms. The van der Waals surface area contributed by atoms with Gasteiger partial charge in [-0.1, -0.05) is 11.3 Å². The summed E-state index contributed by atoms with van der Waals surface area (Å²) in [5.74, 6) is 0.541. The zero-order valence-corrected chi connectivity index (χ0v) is 17.7. The molecule has 1 aromatic heterocycles. The van der Waals surface area contributed by atoms with Gasteiger partial charge in [-0.15, -0.1) is 5.10 Å². The van der Waals surface area contributed by atoms with E-state index < -0.39 is 10.0 Å². The molecule has 2 aliphatic heterocycles. The minimum atomic E-state index is -3.69. The molecule has 10 nitrogen and oxygen atoms in total. The van der Waals surface area contributed by atoms with Crippen molar-refractivity contribution in [1.82, 2.24) is 24.2 Å². The number of aryl methyl sites for hydroxylation is 1. The molecule has 0 radical (unpaired) electrons. The number of sulfonamides is 1. The number of amides is 1. The van der Waals surface area contributed by atoms with Crippen molar-refractivity contribution in [3.63, 3.8) is 0 Å². The number of rotatable bonds is 6. The molecule has 0 atom stereocenters. The highest BCUT2D eigenvalue weighted by Crippen LogP contribution is 2.25. The minimum absolute atomic E-state index is 0.0525. The van der Waals surface area contributed by atoms with Crippen molar-refractivity contribution in [2.75, 3.05) is 40.0 Å². The lowest BCUT2D eigenvalue weighted by Crippen LogP contribution is -2.41. The van der Waals surface area contributed by atoms with Gasteiger partial charge in [-0.2, -0.15) is 4.31 Å². The van der Waals surface area contributed by atoms with Crippen molar-refractivity contribution in [2.45, 2.75) is 30.8 Å². The summed E-state index contributed by atoms with van der Waals surface area (Å²) in [7, 11) is -2.18. The molecule has 0 N–H and O–H groups in total. The molecule has 1 saturated heterocycles. The second-order valence-electron chi connectivity index (χ2n) is 7.22. The number of nitrogens with zero attached hydrogens (tertiary/aromatic N) is 5. The second-order valence-corrected chi connectivity index (χ2v) is 9.15. The van der Waals surface area contributed by atoms with Crippen LogP contribution in [-0.4, -0.2) is 78.5 Å². The second kappa shape index (κ2) is 8.70. The van der Waals surface area contributed by atoms with Crippen molar-refractivity contribution in [2.24, 2.45) is 0 Å². The Morgan fingerprint density at radius 2 is 2.00 bits per heavy atom. The van der Waals surface area contributed by atoms with Gasteiger partial charge in [-0.25, -0.2) is 13.1 Å². The molecule has 0 unspecified atom stereocenters. The Morgan fingerprint density at radius 3 is 2.77 bits per heavy atom. The Balaban J connectivity index is 1.47. The van der Waals surface area contributed by atoms with Crippen LogP contribution in [0.4, 0.5) is 0 Å². The van der Waals surface area contributed by atoms with Gasteiger partial charge < -0.3 is 14.4 Å². The van der Waals surface area contributed by atoms with Crippen LogP contribution in [0.3, 0.4) is 0 Å². The third kappa shape index (κ3) is 4.18. The summed E-state index contributed by atoms with van der Waals surface area (Å²) in [6.45, 7) is 3.23. The van der Waals surface area contributed by atoms with Gasteiger partial charge in [0, 0.05) is 38.5 Å². The van der Waals surface area contributed by atoms with Crippen molar-refractivity contribution < 1.29 is 22.7 Å². The zero-order chi connectivity index (χ0) is 21.1. The summed E-state index contributed by atoms with van der Waals surface area (Å²) in [5, 5.41) is 8.35. The SMILES string of the molecule is COc1cccc(S(=O)(=O)N2CCn3nnc(CCC(=O)N4CCOCC4)c3C2)c1. The molecule has 0 spiro atoms. The number of fused-ring (bicyclic) bond motifs is 1. The summed E-state index contributed by atoms with van der Waals surface area (Å²) in [5.41, 5.74) is 1.41. The molecule has 1 amide bonds. The van der Waals surface area contributed by atoms with Crippen LogP contribution in [0.5, 0.6) is 5.75 Å². The number of benzene rings is 1. The molecule has 3 heterocycles. The molecule has 0 aliphatic carbocycles. The number of carbonyl (C=O) groups is 1. The fraction of sp³-hybridized carbons (Fsp3) is 0.526. The average Bonchev–Trinajstić information content (AvgIpc) is 3.20. The number of methoxy groups -OCH3 is 1. The number of hydrogen-bond donors (Lipinski definition) is 0. The predicted octanol–water partition coefficient (Wildman–Crippen LogP) is 0.283. The summed E-state index contributed by atoms with van der Waals surface area (Å²) < 4.78 is 39.8. The standard InChI is InChI=1S/C19H25N5O5S/c1-28-15-3-2-4-16(13-15)30(26,27)23-7-8-24-18(14-23)17(20-21-24)5-6-19(25)22-9-11-29-12-10-22/h2-4,13H,5-12,14H2,1H3. The van der Waals surface area contributed by atoms with E-state index in [0.717, 1.165) is 5.69 Å². The molecular formula is C19H25N5O5S. The lowest BCUT2D eigenvalue weighted by atomic mass is 10.1. The van der Waals surface area contributed by atoms with Gasteiger partial charge in [-0.05, 0) is 12.1 Å². The number of ether oxygens (including phenoxy) is 2. The van der Waals surface area contributed by atoms with Crippen LogP contribution >= 0.6 is 0 Å². The van der Waals surface area contributed by atoms with Crippen LogP contribution in [0.25, 0.3) is 0 Å². The van der Waals surface area contributed by atoms with Gasteiger partial charge >= 0.3 is 0 Å². The molecule has 162 valence electrons. The Bertz CT molecular complexity index is 1020. The highest BCUT2D eigenvalue weighted by atomic mass is 32.2. The first-order valence-corrected chi connectivity index (χ1v) is 11.3. The first-order chi connectivity index (χ1) is 14.5. The van der Waals surface area contributed by atoms with Crippen LogP contribution in [0.15, 0.2) is 29.2 Å². The van der Waals surface area contributed by atoms with Gasteiger partial charge in [0.25, 0.3) is 0 Å². The lowest BCUT2D eigenvalue weighted by Gasteiger charge is -2.28. The van der Waals surface area contributed by atoms with E-state index in [4.69, 9.17) is 9.47 Å². The Kier molecular flexibility index (Phi) is 6.02. The molecule has 1 aromatic carbocycles. The van der Waals surface area contributed by atoms with Crippen molar-refractivity contribution in [3.05, 3.63) is 35.7 Å². The van der Waals surface area contributed by atoms with E-state index in [1.54, 1.807) is 27.8 Å². The largest absolute Gasteiger partial charge is 0.497 e. The number of aromatic nitrogens is 3. The average molecular weight is 436 g/mol.